The molecule has 45 heavy (non-hydrogen) atoms. The molecule has 0 bridgehead atoms. The number of hydrogen-bond donors (Lipinski definition) is 2. The van der Waals surface area contributed by atoms with Gasteiger partial charge in [0.15, 0.2) is 0 Å². The van der Waals surface area contributed by atoms with Gasteiger partial charge in [0.2, 0.25) is 11.1 Å². The highest BCUT2D eigenvalue weighted by molar-refractivity contribution is 7.98. The van der Waals surface area contributed by atoms with Gasteiger partial charge >= 0.3 is 0 Å². The molecule has 4 aromatic carbocycles. The Morgan fingerprint density at radius 3 is 2.49 bits per heavy atom. The Bertz CT molecular complexity index is 1850. The lowest BCUT2D eigenvalue weighted by Crippen LogP contribution is -2.31. The Morgan fingerprint density at radius 1 is 0.978 bits per heavy atom. The smallest absolute Gasteiger partial charge is 0.255 e. The quantitative estimate of drug-likeness (QED) is 0.155. The molecule has 9 heteroatoms. The van der Waals surface area contributed by atoms with Crippen LogP contribution in [0.25, 0.3) is 0 Å². The van der Waals surface area contributed by atoms with E-state index in [0.29, 0.717) is 40.3 Å². The summed E-state index contributed by atoms with van der Waals surface area (Å²) in [6, 6.07) is 30.0. The summed E-state index contributed by atoms with van der Waals surface area (Å²) >= 11 is 1.34. The molecule has 2 N–H and O–H groups in total. The lowest BCUT2D eigenvalue weighted by atomic mass is 9.94. The maximum atomic E-state index is 14.3. The van der Waals surface area contributed by atoms with Gasteiger partial charge in [-0.05, 0) is 67.3 Å². The van der Waals surface area contributed by atoms with Crippen molar-refractivity contribution in [1.29, 1.82) is 0 Å². The second kappa shape index (κ2) is 13.4. The summed E-state index contributed by atoms with van der Waals surface area (Å²) < 4.78 is 22.1. The monoisotopic (exact) mass is 619 g/mol. The third-order valence-corrected chi connectivity index (χ3v) is 8.61. The topological polar surface area (TPSA) is 81.1 Å². The van der Waals surface area contributed by atoms with Crippen molar-refractivity contribution in [1.82, 2.24) is 14.8 Å². The molecular formula is C36H34FN5O2S. The maximum Gasteiger partial charge on any atom is 0.255 e. The number of ether oxygens (including phenoxy) is 1. The number of nitrogens with one attached hydrogen (secondary N) is 2. The van der Waals surface area contributed by atoms with Gasteiger partial charge < -0.3 is 15.4 Å². The summed E-state index contributed by atoms with van der Waals surface area (Å²) in [6.45, 7) is 6.42. The van der Waals surface area contributed by atoms with Gasteiger partial charge in [-0.1, -0.05) is 90.1 Å². The average Bonchev–Trinajstić information content (AvgIpc) is 3.44. The minimum Gasteiger partial charge on any atom is -0.493 e. The van der Waals surface area contributed by atoms with Crippen molar-refractivity contribution in [3.05, 3.63) is 142 Å². The van der Waals surface area contributed by atoms with E-state index < -0.39 is 6.04 Å². The number of thioether (sulfide) groups is 1. The molecule has 7 nitrogen and oxygen atoms in total. The maximum absolute atomic E-state index is 14.3. The SMILES string of the molecule is CC1=C(C(=O)Nc2ccc(C)cc2C)C(c2ccc(OCCc3ccccc3)cc2)n2nc(SCc3ccccc3F)nc2N1. The third kappa shape index (κ3) is 6.94. The molecule has 6 rings (SSSR count). The number of amides is 1. The zero-order chi connectivity index (χ0) is 31.3. The molecule has 0 spiro atoms. The number of aromatic nitrogens is 3. The van der Waals surface area contributed by atoms with Crippen LogP contribution in [-0.4, -0.2) is 27.3 Å². The summed E-state index contributed by atoms with van der Waals surface area (Å²) in [6.07, 6.45) is 0.803. The minimum absolute atomic E-state index is 0.234. The van der Waals surface area contributed by atoms with Crippen LogP contribution in [0.15, 0.2) is 113 Å². The molecule has 0 saturated carbocycles. The van der Waals surface area contributed by atoms with Crippen molar-refractivity contribution in [3.63, 3.8) is 0 Å². The van der Waals surface area contributed by atoms with Crippen molar-refractivity contribution in [2.45, 2.75) is 44.1 Å². The van der Waals surface area contributed by atoms with Gasteiger partial charge in [0.1, 0.15) is 17.6 Å². The van der Waals surface area contributed by atoms with Gasteiger partial charge in [0.05, 0.1) is 12.2 Å². The van der Waals surface area contributed by atoms with Crippen LogP contribution in [0.2, 0.25) is 0 Å². The number of carbonyl (C=O) groups is 1. The first-order valence-corrected chi connectivity index (χ1v) is 15.8. The second-order valence-corrected chi connectivity index (χ2v) is 12.0. The zero-order valence-electron chi connectivity index (χ0n) is 25.4. The largest absolute Gasteiger partial charge is 0.493 e. The van der Waals surface area contributed by atoms with Crippen LogP contribution in [0.4, 0.5) is 16.0 Å². The summed E-state index contributed by atoms with van der Waals surface area (Å²) in [5.41, 5.74) is 6.69. The van der Waals surface area contributed by atoms with Gasteiger partial charge in [0, 0.05) is 23.6 Å². The number of nitrogens with zero attached hydrogens (tertiary/aromatic N) is 3. The van der Waals surface area contributed by atoms with Crippen molar-refractivity contribution >= 4 is 29.3 Å². The standard InChI is InChI=1S/C36H34FN5O2S/c1-23-13-18-31(24(2)21-23)39-34(43)32-25(3)38-35-40-36(45-22-28-11-7-8-12-30(28)37)41-42(35)33(32)27-14-16-29(17-15-27)44-20-19-26-9-5-4-6-10-26/h4-18,21,33H,19-20,22H2,1-3H3,(H,39,43)(H,38,40,41). The van der Waals surface area contributed by atoms with Gasteiger partial charge in [-0.3, -0.25) is 4.79 Å². The predicted molar refractivity (Wildman–Crippen MR) is 177 cm³/mol. The van der Waals surface area contributed by atoms with E-state index in [9.17, 15) is 9.18 Å². The van der Waals surface area contributed by atoms with E-state index in [1.165, 1.54) is 23.4 Å². The molecule has 1 unspecified atom stereocenters. The predicted octanol–water partition coefficient (Wildman–Crippen LogP) is 7.88. The van der Waals surface area contributed by atoms with Crippen LogP contribution < -0.4 is 15.4 Å². The Kier molecular flexibility index (Phi) is 8.98. The molecule has 1 atom stereocenters. The molecule has 1 aliphatic rings. The summed E-state index contributed by atoms with van der Waals surface area (Å²) in [5.74, 6) is 1.13. The van der Waals surface area contributed by atoms with Crippen molar-refractivity contribution < 1.29 is 13.9 Å². The highest BCUT2D eigenvalue weighted by Gasteiger charge is 2.34. The summed E-state index contributed by atoms with van der Waals surface area (Å²) in [5, 5.41) is 11.7. The molecule has 0 radical (unpaired) electrons. The molecule has 1 aromatic heterocycles. The Balaban J connectivity index is 1.28. The van der Waals surface area contributed by atoms with Crippen LogP contribution in [-0.2, 0) is 17.0 Å². The molecule has 0 aliphatic carbocycles. The molecule has 0 fully saturated rings. The number of carbonyl (C=O) groups excluding carboxylic acids is 1. The first kappa shape index (κ1) is 30.1. The van der Waals surface area contributed by atoms with Gasteiger partial charge in [0.25, 0.3) is 5.91 Å². The van der Waals surface area contributed by atoms with Crippen LogP contribution >= 0.6 is 11.8 Å². The number of fused-ring (bicyclic) bond motifs is 1. The van der Waals surface area contributed by atoms with E-state index in [1.807, 2.05) is 87.5 Å². The van der Waals surface area contributed by atoms with Crippen LogP contribution in [0.1, 0.15) is 40.8 Å². The number of rotatable bonds is 10. The van der Waals surface area contributed by atoms with E-state index >= 15 is 0 Å². The summed E-state index contributed by atoms with van der Waals surface area (Å²) in [4.78, 5) is 18.7. The summed E-state index contributed by atoms with van der Waals surface area (Å²) in [7, 11) is 0. The first-order chi connectivity index (χ1) is 21.9. The lowest BCUT2D eigenvalue weighted by Gasteiger charge is -2.29. The fraction of sp³-hybridized carbons (Fsp3) is 0.194. The van der Waals surface area contributed by atoms with E-state index in [1.54, 1.807) is 16.8 Å². The fourth-order valence-electron chi connectivity index (χ4n) is 5.37. The molecule has 2 heterocycles. The Labute approximate surface area is 266 Å². The molecule has 1 aliphatic heterocycles. The average molecular weight is 620 g/mol. The van der Waals surface area contributed by atoms with Crippen molar-refractivity contribution in [2.24, 2.45) is 0 Å². The number of aryl methyl sites for hydroxylation is 2. The third-order valence-electron chi connectivity index (χ3n) is 7.72. The van der Waals surface area contributed by atoms with Crippen LogP contribution in [0.5, 0.6) is 5.75 Å². The molecular weight excluding hydrogens is 585 g/mol. The minimum atomic E-state index is -0.555. The number of allylic oxidation sites excluding steroid dienone is 1. The highest BCUT2D eigenvalue weighted by atomic mass is 32.2. The van der Waals surface area contributed by atoms with E-state index in [4.69, 9.17) is 14.8 Å². The Hall–Kier alpha value is -4.89. The second-order valence-electron chi connectivity index (χ2n) is 11.0. The molecule has 228 valence electrons. The van der Waals surface area contributed by atoms with E-state index in [2.05, 4.69) is 22.8 Å². The van der Waals surface area contributed by atoms with Crippen molar-refractivity contribution in [3.8, 4) is 5.75 Å². The first-order valence-electron chi connectivity index (χ1n) is 14.8. The zero-order valence-corrected chi connectivity index (χ0v) is 26.2. The fourth-order valence-corrected chi connectivity index (χ4v) is 6.19. The van der Waals surface area contributed by atoms with Gasteiger partial charge in [-0.15, -0.1) is 5.10 Å². The Morgan fingerprint density at radius 2 is 1.73 bits per heavy atom. The molecule has 1 amide bonds. The van der Waals surface area contributed by atoms with E-state index in [0.717, 1.165) is 34.5 Å². The lowest BCUT2D eigenvalue weighted by molar-refractivity contribution is -0.113. The van der Waals surface area contributed by atoms with Crippen LogP contribution in [0.3, 0.4) is 0 Å². The number of hydrogen-bond acceptors (Lipinski definition) is 6. The number of halogens is 1. The molecule has 0 saturated heterocycles. The number of anilines is 2. The van der Waals surface area contributed by atoms with Crippen molar-refractivity contribution in [2.75, 3.05) is 17.2 Å². The normalized spacial score (nSPS) is 14.1. The van der Waals surface area contributed by atoms with Gasteiger partial charge in [-0.2, -0.15) is 4.98 Å². The van der Waals surface area contributed by atoms with Gasteiger partial charge in [-0.25, -0.2) is 9.07 Å². The molecule has 5 aromatic rings. The van der Waals surface area contributed by atoms with Crippen LogP contribution in [0, 0.1) is 19.7 Å². The van der Waals surface area contributed by atoms with E-state index in [-0.39, 0.29) is 11.7 Å². The number of benzene rings is 4. The highest BCUT2D eigenvalue weighted by Crippen LogP contribution is 2.38.